The molecule has 1 unspecified atom stereocenters. The molecule has 3 N–H and O–H groups in total. The molecule has 0 bridgehead atoms. The quantitative estimate of drug-likeness (QED) is 0.837. The molecule has 1 fully saturated rings. The minimum atomic E-state index is -0.266. The summed E-state index contributed by atoms with van der Waals surface area (Å²) in [6, 6.07) is 0. The maximum atomic E-state index is 9.67. The lowest BCUT2D eigenvalue weighted by molar-refractivity contribution is 0.0406. The summed E-state index contributed by atoms with van der Waals surface area (Å²) in [5.41, 5.74) is 7.96. The Morgan fingerprint density at radius 3 is 2.95 bits per heavy atom. The smallest absolute Gasteiger partial charge is 0.222 e. The molecule has 116 valence electrons. The first kappa shape index (κ1) is 14.5. The van der Waals surface area contributed by atoms with Gasteiger partial charge in [0.25, 0.3) is 0 Å². The van der Waals surface area contributed by atoms with Gasteiger partial charge in [-0.3, -0.25) is 0 Å². The van der Waals surface area contributed by atoms with E-state index in [4.69, 9.17) is 10.5 Å². The van der Waals surface area contributed by atoms with Crippen LogP contribution in [0.25, 0.3) is 0 Å². The summed E-state index contributed by atoms with van der Waals surface area (Å²) in [6.45, 7) is 4.87. The largest absolute Gasteiger partial charge is 0.396 e. The van der Waals surface area contributed by atoms with E-state index < -0.39 is 0 Å². The molecule has 2 heterocycles. The second kappa shape index (κ2) is 5.77. The van der Waals surface area contributed by atoms with Crippen LogP contribution in [0.2, 0.25) is 0 Å². The van der Waals surface area contributed by atoms with Crippen molar-refractivity contribution in [2.75, 3.05) is 43.5 Å². The van der Waals surface area contributed by atoms with Crippen LogP contribution < -0.4 is 10.6 Å². The van der Waals surface area contributed by atoms with Crippen molar-refractivity contribution in [2.24, 2.45) is 5.41 Å². The van der Waals surface area contributed by atoms with E-state index in [-0.39, 0.29) is 12.0 Å². The Hall–Kier alpha value is -1.40. The lowest BCUT2D eigenvalue weighted by Gasteiger charge is -2.33. The highest BCUT2D eigenvalue weighted by Crippen LogP contribution is 2.31. The molecule has 1 aromatic heterocycles. The number of fused-ring (bicyclic) bond motifs is 1. The van der Waals surface area contributed by atoms with Gasteiger partial charge >= 0.3 is 0 Å². The number of aromatic nitrogens is 2. The number of aryl methyl sites for hydroxylation is 1. The van der Waals surface area contributed by atoms with Crippen molar-refractivity contribution in [3.8, 4) is 0 Å². The van der Waals surface area contributed by atoms with E-state index in [0.717, 1.165) is 37.4 Å². The molecule has 2 aliphatic rings. The number of aliphatic hydroxyl groups is 1. The molecule has 0 aromatic carbocycles. The summed E-state index contributed by atoms with van der Waals surface area (Å²) >= 11 is 0. The lowest BCUT2D eigenvalue weighted by Crippen LogP contribution is -2.40. The number of ether oxygens (including phenoxy) is 1. The molecule has 1 saturated heterocycles. The highest BCUT2D eigenvalue weighted by Gasteiger charge is 2.32. The molecule has 1 atom stereocenters. The molecule has 3 rings (SSSR count). The van der Waals surface area contributed by atoms with Crippen molar-refractivity contribution in [1.82, 2.24) is 9.97 Å². The van der Waals surface area contributed by atoms with Gasteiger partial charge < -0.3 is 20.5 Å². The first-order chi connectivity index (χ1) is 10.1. The third-order valence-corrected chi connectivity index (χ3v) is 4.39. The van der Waals surface area contributed by atoms with Crippen LogP contribution in [0.3, 0.4) is 0 Å². The fraction of sp³-hybridized carbons (Fsp3) is 0.733. The summed E-state index contributed by atoms with van der Waals surface area (Å²) in [5.74, 6) is 1.30. The minimum absolute atomic E-state index is 0.103. The molecule has 1 aliphatic heterocycles. The van der Waals surface area contributed by atoms with Crippen molar-refractivity contribution >= 4 is 11.8 Å². The van der Waals surface area contributed by atoms with Crippen LogP contribution in [-0.2, 0) is 17.6 Å². The van der Waals surface area contributed by atoms with E-state index in [9.17, 15) is 5.11 Å². The fourth-order valence-corrected chi connectivity index (χ4v) is 3.21. The maximum absolute atomic E-state index is 9.67. The molecular formula is C15H24N4O2. The Bertz CT molecular complexity index is 523. The van der Waals surface area contributed by atoms with Gasteiger partial charge in [0, 0.05) is 24.1 Å². The SMILES string of the molecule is CC1(CO)COCCN(c2nc(N)nc3c2CCCC3)C1. The summed E-state index contributed by atoms with van der Waals surface area (Å²) in [7, 11) is 0. The highest BCUT2D eigenvalue weighted by atomic mass is 16.5. The summed E-state index contributed by atoms with van der Waals surface area (Å²) in [6.07, 6.45) is 4.34. The van der Waals surface area contributed by atoms with Gasteiger partial charge in [0.2, 0.25) is 5.95 Å². The molecule has 0 spiro atoms. The number of nitrogen functional groups attached to an aromatic ring is 1. The molecule has 0 amide bonds. The van der Waals surface area contributed by atoms with E-state index in [1.807, 2.05) is 6.92 Å². The molecule has 21 heavy (non-hydrogen) atoms. The van der Waals surface area contributed by atoms with E-state index in [1.165, 1.54) is 18.4 Å². The number of hydrogen-bond donors (Lipinski definition) is 2. The van der Waals surface area contributed by atoms with Crippen molar-refractivity contribution < 1.29 is 9.84 Å². The van der Waals surface area contributed by atoms with Gasteiger partial charge in [-0.2, -0.15) is 4.98 Å². The van der Waals surface area contributed by atoms with Crippen LogP contribution in [0.5, 0.6) is 0 Å². The third kappa shape index (κ3) is 2.96. The van der Waals surface area contributed by atoms with Crippen LogP contribution in [0.1, 0.15) is 31.0 Å². The highest BCUT2D eigenvalue weighted by molar-refractivity contribution is 5.53. The summed E-state index contributed by atoms with van der Waals surface area (Å²) in [4.78, 5) is 11.1. The minimum Gasteiger partial charge on any atom is -0.396 e. The number of anilines is 2. The van der Waals surface area contributed by atoms with Crippen LogP contribution in [0, 0.1) is 5.41 Å². The van der Waals surface area contributed by atoms with Gasteiger partial charge in [0.05, 0.1) is 25.5 Å². The zero-order chi connectivity index (χ0) is 14.9. The Balaban J connectivity index is 1.96. The Labute approximate surface area is 125 Å². The van der Waals surface area contributed by atoms with E-state index in [0.29, 0.717) is 19.2 Å². The number of nitrogens with zero attached hydrogens (tertiary/aromatic N) is 3. The number of hydrogen-bond acceptors (Lipinski definition) is 6. The second-order valence-corrected chi connectivity index (χ2v) is 6.48. The molecule has 1 aromatic rings. The second-order valence-electron chi connectivity index (χ2n) is 6.48. The fourth-order valence-electron chi connectivity index (χ4n) is 3.21. The predicted molar refractivity (Wildman–Crippen MR) is 81.3 cm³/mol. The van der Waals surface area contributed by atoms with E-state index >= 15 is 0 Å². The van der Waals surface area contributed by atoms with Gasteiger partial charge in [0.1, 0.15) is 5.82 Å². The average molecular weight is 292 g/mol. The summed E-state index contributed by atoms with van der Waals surface area (Å²) < 4.78 is 5.65. The monoisotopic (exact) mass is 292 g/mol. The number of rotatable bonds is 2. The Morgan fingerprint density at radius 1 is 1.33 bits per heavy atom. The molecule has 1 aliphatic carbocycles. The molecule has 6 heteroatoms. The van der Waals surface area contributed by atoms with E-state index in [1.54, 1.807) is 0 Å². The normalized spacial score (nSPS) is 26.3. The summed E-state index contributed by atoms with van der Waals surface area (Å²) in [5, 5.41) is 9.67. The first-order valence-corrected chi connectivity index (χ1v) is 7.70. The molecule has 6 nitrogen and oxygen atoms in total. The standard InChI is InChI=1S/C15H24N4O2/c1-15(9-20)8-19(6-7-21-10-15)13-11-4-2-3-5-12(11)17-14(16)18-13/h20H,2-10H2,1H3,(H2,16,17,18). The zero-order valence-corrected chi connectivity index (χ0v) is 12.6. The third-order valence-electron chi connectivity index (χ3n) is 4.39. The molecule has 0 radical (unpaired) electrons. The van der Waals surface area contributed by atoms with Crippen molar-refractivity contribution in [3.63, 3.8) is 0 Å². The number of aliphatic hydroxyl groups excluding tert-OH is 1. The van der Waals surface area contributed by atoms with Gasteiger partial charge in [-0.25, -0.2) is 4.98 Å². The molecule has 0 saturated carbocycles. The van der Waals surface area contributed by atoms with Gasteiger partial charge in [0.15, 0.2) is 0 Å². The number of nitrogens with two attached hydrogens (primary N) is 1. The lowest BCUT2D eigenvalue weighted by atomic mass is 9.91. The topological polar surface area (TPSA) is 84.5 Å². The van der Waals surface area contributed by atoms with Crippen molar-refractivity contribution in [1.29, 1.82) is 0 Å². The van der Waals surface area contributed by atoms with Crippen molar-refractivity contribution in [2.45, 2.75) is 32.6 Å². The van der Waals surface area contributed by atoms with Crippen LogP contribution in [0.15, 0.2) is 0 Å². The predicted octanol–water partition coefficient (Wildman–Crippen LogP) is 0.773. The van der Waals surface area contributed by atoms with Crippen LogP contribution in [0.4, 0.5) is 11.8 Å². The van der Waals surface area contributed by atoms with Gasteiger partial charge in [-0.05, 0) is 25.7 Å². The Morgan fingerprint density at radius 2 is 2.14 bits per heavy atom. The van der Waals surface area contributed by atoms with E-state index in [2.05, 4.69) is 14.9 Å². The molecular weight excluding hydrogens is 268 g/mol. The van der Waals surface area contributed by atoms with Crippen LogP contribution >= 0.6 is 0 Å². The van der Waals surface area contributed by atoms with Gasteiger partial charge in [-0.1, -0.05) is 6.92 Å². The zero-order valence-electron chi connectivity index (χ0n) is 12.6. The first-order valence-electron chi connectivity index (χ1n) is 7.70. The Kier molecular flexibility index (Phi) is 3.99. The van der Waals surface area contributed by atoms with Crippen molar-refractivity contribution in [3.05, 3.63) is 11.3 Å². The maximum Gasteiger partial charge on any atom is 0.222 e. The van der Waals surface area contributed by atoms with Gasteiger partial charge in [-0.15, -0.1) is 0 Å². The van der Waals surface area contributed by atoms with Crippen LogP contribution in [-0.4, -0.2) is 48.0 Å². The average Bonchev–Trinajstić information content (AvgIpc) is 2.69.